The fourth-order valence-electron chi connectivity index (χ4n) is 3.55. The molecule has 0 aliphatic rings. The Bertz CT molecular complexity index is 1280. The fourth-order valence-corrected chi connectivity index (χ4v) is 4.97. The summed E-state index contributed by atoms with van der Waals surface area (Å²) in [5.41, 5.74) is 1.69. The third kappa shape index (κ3) is 9.73. The van der Waals surface area contributed by atoms with E-state index in [0.29, 0.717) is 25.5 Å². The highest BCUT2D eigenvalue weighted by atomic mass is 35.5. The summed E-state index contributed by atoms with van der Waals surface area (Å²) in [5.74, 6) is -1.07. The molecule has 2 aromatic carbocycles. The summed E-state index contributed by atoms with van der Waals surface area (Å²) in [6.07, 6.45) is 3.52. The van der Waals surface area contributed by atoms with Gasteiger partial charge in [-0.2, -0.15) is 0 Å². The lowest BCUT2D eigenvalue weighted by Crippen LogP contribution is -2.25. The number of allylic oxidation sites excluding steroid dienone is 2. The third-order valence-electron chi connectivity index (χ3n) is 5.34. The van der Waals surface area contributed by atoms with Gasteiger partial charge in [0.25, 0.3) is 0 Å². The maximum Gasteiger partial charge on any atom is 0.339 e. The molecule has 0 spiro atoms. The van der Waals surface area contributed by atoms with E-state index in [1.165, 1.54) is 11.3 Å². The Balaban J connectivity index is 0.000000735. The number of aromatic carboxylic acids is 1. The molecule has 3 aromatic rings. The molecule has 0 aliphatic heterocycles. The molecule has 1 amide bonds. The summed E-state index contributed by atoms with van der Waals surface area (Å²) in [5, 5.41) is 15.5. The van der Waals surface area contributed by atoms with E-state index in [-0.39, 0.29) is 23.1 Å². The van der Waals surface area contributed by atoms with Gasteiger partial charge in [0, 0.05) is 10.4 Å². The molecule has 0 radical (unpaired) electrons. The molecule has 39 heavy (non-hydrogen) atoms. The summed E-state index contributed by atoms with van der Waals surface area (Å²) in [6.45, 7) is 13.3. The van der Waals surface area contributed by atoms with Crippen LogP contribution in [0.1, 0.15) is 56.5 Å². The van der Waals surface area contributed by atoms with Gasteiger partial charge >= 0.3 is 5.97 Å². The topological polar surface area (TPSA) is 75.6 Å². The van der Waals surface area contributed by atoms with Crippen molar-refractivity contribution in [3.05, 3.63) is 98.5 Å². The van der Waals surface area contributed by atoms with Crippen molar-refractivity contribution in [1.82, 2.24) is 0 Å². The second-order valence-electron chi connectivity index (χ2n) is 8.15. The number of ether oxygens (including phenoxy) is 1. The minimum Gasteiger partial charge on any atom is -0.497 e. The molecular formula is C30H34Cl3NO4S. The first-order valence-corrected chi connectivity index (χ1v) is 14.2. The van der Waals surface area contributed by atoms with Gasteiger partial charge in [-0.05, 0) is 60.4 Å². The average Bonchev–Trinajstić information content (AvgIpc) is 3.33. The van der Waals surface area contributed by atoms with Gasteiger partial charge in [-0.15, -0.1) is 11.3 Å². The molecule has 0 saturated heterocycles. The molecule has 0 bridgehead atoms. The Labute approximate surface area is 250 Å². The molecule has 0 saturated carbocycles. The number of hydrogen-bond acceptors (Lipinski definition) is 4. The molecule has 1 unspecified atom stereocenters. The van der Waals surface area contributed by atoms with Crippen LogP contribution < -0.4 is 5.32 Å². The van der Waals surface area contributed by atoms with Crippen LogP contribution in [0, 0.1) is 5.92 Å². The predicted molar refractivity (Wildman–Crippen MR) is 167 cm³/mol. The number of carboxylic acids is 1. The number of nitrogens with one attached hydrogen (secondary N) is 1. The van der Waals surface area contributed by atoms with Crippen LogP contribution in [0.3, 0.4) is 0 Å². The highest BCUT2D eigenvalue weighted by Crippen LogP contribution is 2.39. The molecule has 3 rings (SSSR count). The molecule has 210 valence electrons. The predicted octanol–water partition coefficient (Wildman–Crippen LogP) is 10.2. The van der Waals surface area contributed by atoms with Crippen LogP contribution in [0.5, 0.6) is 0 Å². The van der Waals surface area contributed by atoms with Crippen molar-refractivity contribution >= 4 is 63.7 Å². The van der Waals surface area contributed by atoms with Crippen molar-refractivity contribution in [3.8, 4) is 10.4 Å². The molecule has 1 aromatic heterocycles. The van der Waals surface area contributed by atoms with Gasteiger partial charge in [0.1, 0.15) is 11.3 Å². The molecule has 9 heteroatoms. The summed E-state index contributed by atoms with van der Waals surface area (Å²) < 4.78 is 4.79. The number of halogens is 3. The van der Waals surface area contributed by atoms with Crippen LogP contribution in [-0.2, 0) is 9.53 Å². The van der Waals surface area contributed by atoms with Crippen LogP contribution in [-0.4, -0.2) is 24.1 Å². The molecule has 2 N–H and O–H groups in total. The van der Waals surface area contributed by atoms with Crippen molar-refractivity contribution in [1.29, 1.82) is 0 Å². The van der Waals surface area contributed by atoms with Gasteiger partial charge < -0.3 is 15.2 Å². The lowest BCUT2D eigenvalue weighted by molar-refractivity contribution is -0.118. The number of methoxy groups -OCH3 is 1. The Morgan fingerprint density at radius 3 is 2.10 bits per heavy atom. The molecule has 5 nitrogen and oxygen atoms in total. The highest BCUT2D eigenvalue weighted by Gasteiger charge is 2.27. The number of hydrogen-bond donors (Lipinski definition) is 2. The lowest BCUT2D eigenvalue weighted by Gasteiger charge is -2.21. The number of amides is 1. The standard InChI is InChI=1S/C22H18Cl3NO3S.C6H10O.C2H6/c1-11(2)18(12-3-6-14(23)7-4-12)21(27)26-17-10-30-20(19(17)22(28)29)13-5-8-15(24)16(25)9-13;1-4-6(5-2)7-3;1-2/h3-11,18H,1-2H3,(H,26,27)(H,28,29);4-5H,1H2,2-3H3;1-2H3/b;6-5+;. The van der Waals surface area contributed by atoms with Gasteiger partial charge in [0.05, 0.1) is 33.6 Å². The number of carbonyl (C=O) groups excluding carboxylic acids is 1. The Morgan fingerprint density at radius 2 is 1.67 bits per heavy atom. The van der Waals surface area contributed by atoms with Gasteiger partial charge in [0.2, 0.25) is 5.91 Å². The van der Waals surface area contributed by atoms with Crippen LogP contribution in [0.15, 0.2) is 72.3 Å². The quantitative estimate of drug-likeness (QED) is 0.196. The normalized spacial score (nSPS) is 11.4. The lowest BCUT2D eigenvalue weighted by atomic mass is 9.87. The molecular weight excluding hydrogens is 577 g/mol. The van der Waals surface area contributed by atoms with Gasteiger partial charge in [-0.1, -0.05) is 87.3 Å². The van der Waals surface area contributed by atoms with E-state index in [1.807, 2.05) is 40.7 Å². The Hall–Kier alpha value is -2.77. The van der Waals surface area contributed by atoms with Crippen molar-refractivity contribution in [2.75, 3.05) is 12.4 Å². The van der Waals surface area contributed by atoms with Crippen LogP contribution in [0.2, 0.25) is 15.1 Å². The van der Waals surface area contributed by atoms with E-state index in [2.05, 4.69) is 11.9 Å². The Kier molecular flexibility index (Phi) is 15.0. The fraction of sp³-hybridized carbons (Fsp3) is 0.267. The first-order valence-electron chi connectivity index (χ1n) is 12.2. The van der Waals surface area contributed by atoms with Crippen molar-refractivity contribution in [2.45, 2.75) is 40.5 Å². The average molecular weight is 611 g/mol. The van der Waals surface area contributed by atoms with E-state index in [0.717, 1.165) is 11.3 Å². The number of carbonyl (C=O) groups is 2. The number of benzene rings is 2. The number of anilines is 1. The van der Waals surface area contributed by atoms with E-state index >= 15 is 0 Å². The zero-order chi connectivity index (χ0) is 29.7. The number of rotatable bonds is 8. The maximum atomic E-state index is 13.1. The third-order valence-corrected chi connectivity index (χ3v) is 7.36. The van der Waals surface area contributed by atoms with Crippen LogP contribution in [0.25, 0.3) is 10.4 Å². The van der Waals surface area contributed by atoms with Gasteiger partial charge in [-0.3, -0.25) is 4.79 Å². The van der Waals surface area contributed by atoms with E-state index in [9.17, 15) is 14.7 Å². The smallest absolute Gasteiger partial charge is 0.339 e. The van der Waals surface area contributed by atoms with Crippen LogP contribution in [0.4, 0.5) is 5.69 Å². The molecule has 1 heterocycles. The maximum absolute atomic E-state index is 13.1. The zero-order valence-corrected chi connectivity index (χ0v) is 25.9. The minimum absolute atomic E-state index is 0.00682. The van der Waals surface area contributed by atoms with Crippen molar-refractivity contribution in [2.24, 2.45) is 5.92 Å². The number of carboxylic acid groups (broad SMARTS) is 1. The minimum atomic E-state index is -1.14. The molecule has 0 aliphatic carbocycles. The summed E-state index contributed by atoms with van der Waals surface area (Å²) in [7, 11) is 1.62. The first-order chi connectivity index (χ1) is 18.5. The van der Waals surface area contributed by atoms with E-state index in [4.69, 9.17) is 39.5 Å². The zero-order valence-electron chi connectivity index (χ0n) is 22.8. The largest absolute Gasteiger partial charge is 0.497 e. The summed E-state index contributed by atoms with van der Waals surface area (Å²) >= 11 is 19.2. The SMILES string of the molecule is C=C/C(=C\C)OC.CC.CC(C)C(C(=O)Nc1csc(-c2ccc(Cl)c(Cl)c2)c1C(=O)O)c1ccc(Cl)cc1. The highest BCUT2D eigenvalue weighted by molar-refractivity contribution is 7.14. The summed E-state index contributed by atoms with van der Waals surface area (Å²) in [6, 6.07) is 12.0. The van der Waals surface area contributed by atoms with Gasteiger partial charge in [0.15, 0.2) is 0 Å². The Morgan fingerprint density at radius 1 is 1.05 bits per heavy atom. The molecule has 1 atom stereocenters. The summed E-state index contributed by atoms with van der Waals surface area (Å²) in [4.78, 5) is 25.6. The monoisotopic (exact) mass is 609 g/mol. The van der Waals surface area contributed by atoms with Crippen LogP contribution >= 0.6 is 46.1 Å². The second-order valence-corrected chi connectivity index (χ2v) is 10.3. The first kappa shape index (κ1) is 34.3. The van der Waals surface area contributed by atoms with Crippen molar-refractivity contribution < 1.29 is 19.4 Å². The second kappa shape index (κ2) is 17.0. The van der Waals surface area contributed by atoms with Crippen molar-refractivity contribution in [3.63, 3.8) is 0 Å². The van der Waals surface area contributed by atoms with E-state index < -0.39 is 11.9 Å². The van der Waals surface area contributed by atoms with E-state index in [1.54, 1.807) is 61.0 Å². The number of thiophene rings is 1. The van der Waals surface area contributed by atoms with Gasteiger partial charge in [-0.25, -0.2) is 4.79 Å². The molecule has 0 fully saturated rings.